The number of benzene rings is 2. The van der Waals surface area contributed by atoms with Gasteiger partial charge in [0.25, 0.3) is 5.72 Å². The molecule has 0 bridgehead atoms. The fraction of sp³-hybridized carbons (Fsp3) is 0.300. The Morgan fingerprint density at radius 1 is 1.13 bits per heavy atom. The zero-order chi connectivity index (χ0) is 21.9. The number of hydrogen-bond acceptors (Lipinski definition) is 5. The number of carbonyl (C=O) groups excluding carboxylic acids is 2. The Kier molecular flexibility index (Phi) is 5.88. The van der Waals surface area contributed by atoms with E-state index < -0.39 is 35.9 Å². The van der Waals surface area contributed by atoms with Gasteiger partial charge in [0.2, 0.25) is 0 Å². The number of urea groups is 1. The fourth-order valence-corrected chi connectivity index (χ4v) is 3.21. The van der Waals surface area contributed by atoms with Crippen LogP contribution in [-0.4, -0.2) is 35.6 Å². The fourth-order valence-electron chi connectivity index (χ4n) is 3.21. The second-order valence-corrected chi connectivity index (χ2v) is 6.56. The molecule has 0 aromatic heterocycles. The third-order valence-corrected chi connectivity index (χ3v) is 4.54. The first-order valence-electron chi connectivity index (χ1n) is 9.03. The van der Waals surface area contributed by atoms with Crippen LogP contribution < -0.4 is 15.4 Å². The van der Waals surface area contributed by atoms with Crippen LogP contribution in [0.15, 0.2) is 54.6 Å². The molecule has 30 heavy (non-hydrogen) atoms. The lowest BCUT2D eigenvalue weighted by Crippen LogP contribution is -2.73. The Morgan fingerprint density at radius 3 is 2.43 bits per heavy atom. The van der Waals surface area contributed by atoms with E-state index in [0.717, 1.165) is 0 Å². The molecule has 0 unspecified atom stereocenters. The smallest absolute Gasteiger partial charge is 0.437 e. The van der Waals surface area contributed by atoms with Crippen molar-refractivity contribution >= 4 is 12.0 Å². The number of amides is 2. The van der Waals surface area contributed by atoms with Crippen molar-refractivity contribution in [1.29, 1.82) is 0 Å². The van der Waals surface area contributed by atoms with Gasteiger partial charge < -0.3 is 25.2 Å². The highest BCUT2D eigenvalue weighted by atomic mass is 19.4. The number of esters is 1. The van der Waals surface area contributed by atoms with E-state index in [0.29, 0.717) is 5.75 Å². The molecule has 0 saturated carbocycles. The zero-order valence-electron chi connectivity index (χ0n) is 15.8. The maximum atomic E-state index is 13.7. The maximum Gasteiger partial charge on any atom is 0.437 e. The summed E-state index contributed by atoms with van der Waals surface area (Å²) in [5, 5.41) is 14.0. The van der Waals surface area contributed by atoms with Crippen molar-refractivity contribution in [2.75, 3.05) is 6.61 Å². The van der Waals surface area contributed by atoms with Crippen molar-refractivity contribution in [3.63, 3.8) is 0 Å². The molecular formula is C20H19F3N2O5. The lowest BCUT2D eigenvalue weighted by molar-refractivity contribution is -0.294. The van der Waals surface area contributed by atoms with Crippen molar-refractivity contribution in [2.45, 2.75) is 24.9 Å². The van der Waals surface area contributed by atoms with Gasteiger partial charge in [-0.15, -0.1) is 0 Å². The van der Waals surface area contributed by atoms with Crippen molar-refractivity contribution < 1.29 is 37.3 Å². The molecule has 3 rings (SSSR count). The van der Waals surface area contributed by atoms with Gasteiger partial charge in [-0.3, -0.25) is 4.79 Å². The Bertz CT molecular complexity index is 922. The molecular weight excluding hydrogens is 405 g/mol. The average Bonchev–Trinajstić information content (AvgIpc) is 2.67. The first kappa shape index (κ1) is 21.4. The summed E-state index contributed by atoms with van der Waals surface area (Å²) in [6.45, 7) is 1.21. The number of nitrogens with one attached hydrogen (secondary N) is 2. The van der Waals surface area contributed by atoms with Crippen LogP contribution in [0.4, 0.5) is 18.0 Å². The predicted octanol–water partition coefficient (Wildman–Crippen LogP) is 3.26. The number of halogens is 3. The highest BCUT2D eigenvalue weighted by Gasteiger charge is 2.67. The predicted molar refractivity (Wildman–Crippen MR) is 98.5 cm³/mol. The number of para-hydroxylation sites is 1. The summed E-state index contributed by atoms with van der Waals surface area (Å²) in [7, 11) is 0. The van der Waals surface area contributed by atoms with Crippen LogP contribution in [0.2, 0.25) is 0 Å². The van der Waals surface area contributed by atoms with Crippen molar-refractivity contribution in [2.24, 2.45) is 5.92 Å². The van der Waals surface area contributed by atoms with E-state index in [1.807, 2.05) is 0 Å². The van der Waals surface area contributed by atoms with E-state index in [2.05, 4.69) is 5.32 Å². The number of carbonyl (C=O) groups is 2. The van der Waals surface area contributed by atoms with Gasteiger partial charge in [-0.05, 0) is 36.8 Å². The molecule has 2 amide bonds. The topological polar surface area (TPSA) is 96.9 Å². The maximum absolute atomic E-state index is 13.7. The lowest BCUT2D eigenvalue weighted by atomic mass is 9.82. The van der Waals surface area contributed by atoms with E-state index >= 15 is 0 Å². The number of aliphatic hydroxyl groups is 1. The van der Waals surface area contributed by atoms with Crippen LogP contribution in [0, 0.1) is 5.92 Å². The number of rotatable bonds is 5. The highest BCUT2D eigenvalue weighted by molar-refractivity contribution is 5.83. The summed E-state index contributed by atoms with van der Waals surface area (Å²) in [5.41, 5.74) is -3.69. The first-order chi connectivity index (χ1) is 14.2. The largest absolute Gasteiger partial charge is 0.466 e. The van der Waals surface area contributed by atoms with Gasteiger partial charge in [-0.2, -0.15) is 13.2 Å². The molecule has 1 fully saturated rings. The molecule has 2 aromatic carbocycles. The zero-order valence-corrected chi connectivity index (χ0v) is 15.8. The number of alkyl halides is 3. The summed E-state index contributed by atoms with van der Waals surface area (Å²) >= 11 is 0. The van der Waals surface area contributed by atoms with Crippen LogP contribution in [0.5, 0.6) is 11.5 Å². The second-order valence-electron chi connectivity index (χ2n) is 6.56. The summed E-state index contributed by atoms with van der Waals surface area (Å²) in [6, 6.07) is 11.7. The molecule has 3 N–H and O–H groups in total. The lowest BCUT2D eigenvalue weighted by Gasteiger charge is -2.44. The van der Waals surface area contributed by atoms with Gasteiger partial charge in [0.05, 0.1) is 12.6 Å². The molecule has 7 nitrogen and oxygen atoms in total. The van der Waals surface area contributed by atoms with Crippen molar-refractivity contribution in [3.05, 3.63) is 60.2 Å². The molecule has 3 atom stereocenters. The molecule has 2 aromatic rings. The van der Waals surface area contributed by atoms with Gasteiger partial charge in [0.1, 0.15) is 17.4 Å². The van der Waals surface area contributed by atoms with E-state index in [9.17, 15) is 27.9 Å². The minimum Gasteiger partial charge on any atom is -0.466 e. The minimum absolute atomic E-state index is 0.124. The average molecular weight is 424 g/mol. The molecule has 160 valence electrons. The van der Waals surface area contributed by atoms with E-state index in [-0.39, 0.29) is 17.9 Å². The minimum atomic E-state index is -5.33. The highest BCUT2D eigenvalue weighted by Crippen LogP contribution is 2.43. The van der Waals surface area contributed by atoms with E-state index in [1.54, 1.807) is 36.4 Å². The molecule has 1 saturated heterocycles. The van der Waals surface area contributed by atoms with Crippen molar-refractivity contribution in [1.82, 2.24) is 10.6 Å². The third-order valence-electron chi connectivity index (χ3n) is 4.54. The van der Waals surface area contributed by atoms with Crippen LogP contribution in [-0.2, 0) is 9.53 Å². The Hall–Kier alpha value is -3.27. The molecule has 1 aliphatic rings. The molecule has 0 radical (unpaired) electrons. The van der Waals surface area contributed by atoms with Crippen LogP contribution in [0.1, 0.15) is 18.5 Å². The quantitative estimate of drug-likeness (QED) is 0.641. The van der Waals surface area contributed by atoms with Gasteiger partial charge in [-0.25, -0.2) is 4.79 Å². The second kappa shape index (κ2) is 8.23. The van der Waals surface area contributed by atoms with E-state index in [4.69, 9.17) is 9.47 Å². The standard InChI is InChI=1S/C20H19F3N2O5/c1-2-29-17(26)15-16(24-18(27)25-19(15,28)20(21,22)23)12-7-6-10-14(11-12)30-13-8-4-3-5-9-13/h3-11,15-16,28H,2H2,1H3,(H2,24,25,27)/t15-,16+,19+/m0/s1. The SMILES string of the molecule is CCOC(=O)[C@@H]1[C@@H](c2cccc(Oc3ccccc3)c2)NC(=O)N[C@]1(O)C(F)(F)F. The Labute approximate surface area is 169 Å². The third kappa shape index (κ3) is 4.18. The summed E-state index contributed by atoms with van der Waals surface area (Å²) in [5.74, 6) is -2.76. The number of ether oxygens (including phenoxy) is 2. The van der Waals surface area contributed by atoms with Crippen LogP contribution >= 0.6 is 0 Å². The Morgan fingerprint density at radius 2 is 1.80 bits per heavy atom. The molecule has 0 spiro atoms. The van der Waals surface area contributed by atoms with Crippen molar-refractivity contribution in [3.8, 4) is 11.5 Å². The Balaban J connectivity index is 2.02. The van der Waals surface area contributed by atoms with Gasteiger partial charge in [0, 0.05) is 0 Å². The normalized spacial score (nSPS) is 23.8. The molecule has 10 heteroatoms. The molecule has 1 heterocycles. The monoisotopic (exact) mass is 424 g/mol. The van der Waals surface area contributed by atoms with Crippen LogP contribution in [0.25, 0.3) is 0 Å². The van der Waals surface area contributed by atoms with Gasteiger partial charge in [-0.1, -0.05) is 30.3 Å². The van der Waals surface area contributed by atoms with Crippen LogP contribution in [0.3, 0.4) is 0 Å². The van der Waals surface area contributed by atoms with E-state index in [1.165, 1.54) is 30.4 Å². The first-order valence-corrected chi connectivity index (χ1v) is 9.03. The summed E-state index contributed by atoms with van der Waals surface area (Å²) < 4.78 is 51.5. The molecule has 1 aliphatic heterocycles. The number of hydrogen-bond donors (Lipinski definition) is 3. The summed E-state index contributed by atoms with van der Waals surface area (Å²) in [4.78, 5) is 24.4. The summed E-state index contributed by atoms with van der Waals surface area (Å²) in [6.07, 6.45) is -5.33. The molecule has 0 aliphatic carbocycles. The van der Waals surface area contributed by atoms with Gasteiger partial charge >= 0.3 is 18.2 Å². The van der Waals surface area contributed by atoms with Gasteiger partial charge in [0.15, 0.2) is 0 Å².